The van der Waals surface area contributed by atoms with Gasteiger partial charge in [-0.2, -0.15) is 0 Å². The lowest BCUT2D eigenvalue weighted by atomic mass is 10.1. The number of rotatable bonds is 4. The Labute approximate surface area is 174 Å². The lowest BCUT2D eigenvalue weighted by molar-refractivity contribution is -0.130. The van der Waals surface area contributed by atoms with Crippen molar-refractivity contribution in [3.05, 3.63) is 58.9 Å². The third-order valence-electron chi connectivity index (χ3n) is 5.87. The maximum Gasteiger partial charge on any atom is 0.227 e. The zero-order valence-electron chi connectivity index (χ0n) is 16.5. The van der Waals surface area contributed by atoms with Crippen LogP contribution >= 0.6 is 11.3 Å². The number of hydrogen-bond acceptors (Lipinski definition) is 4. The van der Waals surface area contributed by atoms with Crippen molar-refractivity contribution in [1.29, 1.82) is 0 Å². The fourth-order valence-electron chi connectivity index (χ4n) is 4.00. The molecular weight excluding hydrogens is 385 g/mol. The van der Waals surface area contributed by atoms with Crippen LogP contribution in [0.3, 0.4) is 0 Å². The number of aromatic nitrogens is 1. The minimum atomic E-state index is -0.260. The van der Waals surface area contributed by atoms with Gasteiger partial charge in [-0.1, -0.05) is 35.6 Å². The number of thiazole rings is 1. The number of fused-ring (bicyclic) bond motifs is 1. The molecule has 1 saturated heterocycles. The van der Waals surface area contributed by atoms with E-state index in [2.05, 4.69) is 34.1 Å². The molecule has 29 heavy (non-hydrogen) atoms. The van der Waals surface area contributed by atoms with Gasteiger partial charge in [-0.3, -0.25) is 4.79 Å². The van der Waals surface area contributed by atoms with Crippen LogP contribution in [0.25, 0.3) is 10.2 Å². The molecule has 150 valence electrons. The van der Waals surface area contributed by atoms with E-state index in [1.165, 1.54) is 35.8 Å². The summed E-state index contributed by atoms with van der Waals surface area (Å²) in [5.74, 6) is 0.659. The molecule has 5 rings (SSSR count). The Balaban J connectivity index is 1.20. The average Bonchev–Trinajstić information content (AvgIpc) is 3.48. The summed E-state index contributed by atoms with van der Waals surface area (Å²) in [7, 11) is 0. The fraction of sp³-hybridized carbons (Fsp3) is 0.391. The monoisotopic (exact) mass is 409 g/mol. The first-order valence-electron chi connectivity index (χ1n) is 10.2. The Bertz CT molecular complexity index is 1050. The highest BCUT2D eigenvalue weighted by Gasteiger charge is 2.25. The van der Waals surface area contributed by atoms with Gasteiger partial charge in [0.1, 0.15) is 5.52 Å². The SMILES string of the molecule is Cc1cc(F)c2nc(N3CCN(C(=O)Cc4ccc(C5CC5)cc4)CC3)sc2c1. The van der Waals surface area contributed by atoms with Gasteiger partial charge in [-0.05, 0) is 54.5 Å². The van der Waals surface area contributed by atoms with Gasteiger partial charge in [0, 0.05) is 26.2 Å². The van der Waals surface area contributed by atoms with E-state index in [4.69, 9.17) is 0 Å². The first-order valence-corrected chi connectivity index (χ1v) is 11.1. The number of benzene rings is 2. The fourth-order valence-corrected chi connectivity index (χ4v) is 5.13. The van der Waals surface area contributed by atoms with Gasteiger partial charge in [0.05, 0.1) is 11.1 Å². The molecule has 1 aromatic heterocycles. The molecule has 3 aromatic rings. The van der Waals surface area contributed by atoms with Gasteiger partial charge in [0.15, 0.2) is 10.9 Å². The number of carbonyl (C=O) groups is 1. The van der Waals surface area contributed by atoms with Crippen molar-refractivity contribution in [3.63, 3.8) is 0 Å². The molecule has 1 saturated carbocycles. The molecule has 0 spiro atoms. The topological polar surface area (TPSA) is 36.4 Å². The second-order valence-electron chi connectivity index (χ2n) is 8.15. The number of nitrogens with zero attached hydrogens (tertiary/aromatic N) is 3. The molecule has 0 unspecified atom stereocenters. The van der Waals surface area contributed by atoms with Crippen LogP contribution in [0.2, 0.25) is 0 Å². The Kier molecular flexibility index (Phi) is 4.74. The number of amides is 1. The van der Waals surface area contributed by atoms with Crippen molar-refractivity contribution in [3.8, 4) is 0 Å². The lowest BCUT2D eigenvalue weighted by Crippen LogP contribution is -2.49. The summed E-state index contributed by atoms with van der Waals surface area (Å²) < 4.78 is 15.0. The molecule has 2 aliphatic rings. The zero-order valence-corrected chi connectivity index (χ0v) is 17.3. The van der Waals surface area contributed by atoms with Crippen molar-refractivity contribution in [1.82, 2.24) is 9.88 Å². The highest BCUT2D eigenvalue weighted by molar-refractivity contribution is 7.22. The van der Waals surface area contributed by atoms with Crippen LogP contribution in [0.4, 0.5) is 9.52 Å². The summed E-state index contributed by atoms with van der Waals surface area (Å²) in [6, 6.07) is 12.0. The summed E-state index contributed by atoms with van der Waals surface area (Å²) in [5, 5.41) is 0.840. The molecule has 1 aliphatic heterocycles. The number of piperazine rings is 1. The Morgan fingerprint density at radius 1 is 1.14 bits per heavy atom. The largest absolute Gasteiger partial charge is 0.345 e. The van der Waals surface area contributed by atoms with Crippen molar-refractivity contribution in [2.75, 3.05) is 31.1 Å². The van der Waals surface area contributed by atoms with E-state index in [1.54, 1.807) is 0 Å². The summed E-state index contributed by atoms with van der Waals surface area (Å²) in [5.41, 5.74) is 3.84. The van der Waals surface area contributed by atoms with Crippen LogP contribution in [-0.4, -0.2) is 42.0 Å². The van der Waals surface area contributed by atoms with Crippen LogP contribution in [0, 0.1) is 12.7 Å². The second-order valence-corrected chi connectivity index (χ2v) is 9.16. The number of hydrogen-bond donors (Lipinski definition) is 0. The van der Waals surface area contributed by atoms with E-state index in [0.29, 0.717) is 25.0 Å². The minimum absolute atomic E-state index is 0.176. The van der Waals surface area contributed by atoms with Crippen molar-refractivity contribution < 1.29 is 9.18 Å². The van der Waals surface area contributed by atoms with Gasteiger partial charge >= 0.3 is 0 Å². The number of anilines is 1. The van der Waals surface area contributed by atoms with E-state index in [9.17, 15) is 9.18 Å². The maximum absolute atomic E-state index is 14.1. The highest BCUT2D eigenvalue weighted by Crippen LogP contribution is 2.40. The number of aryl methyl sites for hydroxylation is 1. The standard InChI is InChI=1S/C23H24FN3OS/c1-15-12-19(24)22-20(13-15)29-23(25-22)27-10-8-26(9-11-27)21(28)14-16-2-4-17(5-3-16)18-6-7-18/h2-5,12-13,18H,6-11,14H2,1H3. The summed E-state index contributed by atoms with van der Waals surface area (Å²) in [4.78, 5) is 21.3. The third kappa shape index (κ3) is 3.86. The molecule has 0 radical (unpaired) electrons. The molecule has 2 heterocycles. The van der Waals surface area contributed by atoms with Crippen molar-refractivity contribution >= 4 is 32.6 Å². The van der Waals surface area contributed by atoms with Gasteiger partial charge < -0.3 is 9.80 Å². The quantitative estimate of drug-likeness (QED) is 0.636. The van der Waals surface area contributed by atoms with E-state index in [-0.39, 0.29) is 11.7 Å². The van der Waals surface area contributed by atoms with Crippen molar-refractivity contribution in [2.45, 2.75) is 32.1 Å². The lowest BCUT2D eigenvalue weighted by Gasteiger charge is -2.34. The van der Waals surface area contributed by atoms with E-state index in [1.807, 2.05) is 17.9 Å². The van der Waals surface area contributed by atoms with Crippen LogP contribution in [0.5, 0.6) is 0 Å². The van der Waals surface area contributed by atoms with Gasteiger partial charge in [-0.25, -0.2) is 9.37 Å². The van der Waals surface area contributed by atoms with Crippen LogP contribution in [0.1, 0.15) is 35.4 Å². The maximum atomic E-state index is 14.1. The average molecular weight is 410 g/mol. The zero-order chi connectivity index (χ0) is 20.0. The third-order valence-corrected chi connectivity index (χ3v) is 6.93. The Morgan fingerprint density at radius 3 is 2.55 bits per heavy atom. The summed E-state index contributed by atoms with van der Waals surface area (Å²) in [6.45, 7) is 4.71. The minimum Gasteiger partial charge on any atom is -0.345 e. The highest BCUT2D eigenvalue weighted by atomic mass is 32.1. The molecule has 1 amide bonds. The van der Waals surface area contributed by atoms with Crippen LogP contribution in [-0.2, 0) is 11.2 Å². The Hall–Kier alpha value is -2.47. The summed E-state index contributed by atoms with van der Waals surface area (Å²) >= 11 is 1.52. The molecular formula is C23H24FN3OS. The van der Waals surface area contributed by atoms with Crippen LogP contribution in [0.15, 0.2) is 36.4 Å². The molecule has 4 nitrogen and oxygen atoms in total. The summed E-state index contributed by atoms with van der Waals surface area (Å²) in [6.07, 6.45) is 3.05. The number of carbonyl (C=O) groups excluding carboxylic acids is 1. The second kappa shape index (κ2) is 7.41. The molecule has 0 N–H and O–H groups in total. The normalized spacial score (nSPS) is 17.2. The predicted octanol–water partition coefficient (Wildman–Crippen LogP) is 4.51. The molecule has 2 aromatic carbocycles. The van der Waals surface area contributed by atoms with Gasteiger partial charge in [0.2, 0.25) is 5.91 Å². The molecule has 2 fully saturated rings. The molecule has 1 aliphatic carbocycles. The molecule has 0 bridgehead atoms. The first-order chi connectivity index (χ1) is 14.1. The first kappa shape index (κ1) is 18.6. The van der Waals surface area contributed by atoms with Crippen molar-refractivity contribution in [2.24, 2.45) is 0 Å². The number of halogens is 1. The van der Waals surface area contributed by atoms with E-state index < -0.39 is 0 Å². The smallest absolute Gasteiger partial charge is 0.227 e. The predicted molar refractivity (Wildman–Crippen MR) is 115 cm³/mol. The van der Waals surface area contributed by atoms with E-state index in [0.717, 1.165) is 40.0 Å². The van der Waals surface area contributed by atoms with Crippen LogP contribution < -0.4 is 4.90 Å². The van der Waals surface area contributed by atoms with Gasteiger partial charge in [0.25, 0.3) is 0 Å². The Morgan fingerprint density at radius 2 is 1.86 bits per heavy atom. The van der Waals surface area contributed by atoms with Gasteiger partial charge in [-0.15, -0.1) is 0 Å². The molecule has 6 heteroatoms. The van der Waals surface area contributed by atoms with E-state index >= 15 is 0 Å². The molecule has 0 atom stereocenters.